The van der Waals surface area contributed by atoms with Crippen molar-refractivity contribution < 1.29 is 19.4 Å². The number of hydrogen-bond donors (Lipinski definition) is 1. The monoisotopic (exact) mass is 355 g/mol. The van der Waals surface area contributed by atoms with Crippen LogP contribution in [0, 0.1) is 0 Å². The maximum atomic E-state index is 10.9. The number of hydrogen-bond acceptors (Lipinski definition) is 5. The Bertz CT molecular complexity index is 670. The van der Waals surface area contributed by atoms with Gasteiger partial charge in [-0.15, -0.1) is 11.3 Å². The molecule has 0 atom stereocenters. The van der Waals surface area contributed by atoms with Gasteiger partial charge in [-0.1, -0.05) is 0 Å². The summed E-state index contributed by atoms with van der Waals surface area (Å²) in [7, 11) is 0. The normalized spacial score (nSPS) is 13.8. The average Bonchev–Trinajstić information content (AvgIpc) is 2.79. The van der Waals surface area contributed by atoms with Crippen LogP contribution < -0.4 is 9.47 Å². The van der Waals surface area contributed by atoms with Gasteiger partial charge in [0.15, 0.2) is 11.5 Å². The van der Waals surface area contributed by atoms with Crippen molar-refractivity contribution in [2.45, 2.75) is 6.42 Å². The van der Waals surface area contributed by atoms with Gasteiger partial charge in [-0.2, -0.15) is 0 Å². The van der Waals surface area contributed by atoms with Crippen LogP contribution in [0.2, 0.25) is 0 Å². The highest BCUT2D eigenvalue weighted by molar-refractivity contribution is 9.10. The first-order valence-corrected chi connectivity index (χ1v) is 7.55. The topological polar surface area (TPSA) is 68.7 Å². The number of fused-ring (bicyclic) bond motifs is 1. The molecule has 1 aliphatic heterocycles. The fourth-order valence-corrected chi connectivity index (χ4v) is 3.16. The van der Waals surface area contributed by atoms with Gasteiger partial charge < -0.3 is 14.6 Å². The third-order valence-electron chi connectivity index (χ3n) is 2.77. The second-order valence-electron chi connectivity index (χ2n) is 4.17. The maximum absolute atomic E-state index is 10.9. The van der Waals surface area contributed by atoms with Gasteiger partial charge in [0.05, 0.1) is 23.9 Å². The third-order valence-corrected chi connectivity index (χ3v) is 4.39. The lowest BCUT2D eigenvalue weighted by Gasteiger charge is -2.10. The van der Waals surface area contributed by atoms with Gasteiger partial charge in [-0.3, -0.25) is 0 Å². The first-order valence-electron chi connectivity index (χ1n) is 5.94. The Labute approximate surface area is 127 Å². The number of halogens is 1. The Morgan fingerprint density at radius 2 is 2.15 bits per heavy atom. The Kier molecular flexibility index (Phi) is 3.62. The summed E-state index contributed by atoms with van der Waals surface area (Å²) in [4.78, 5) is 15.3. The predicted molar refractivity (Wildman–Crippen MR) is 77.8 cm³/mol. The van der Waals surface area contributed by atoms with Crippen molar-refractivity contribution in [2.24, 2.45) is 0 Å². The zero-order valence-electron chi connectivity index (χ0n) is 10.3. The van der Waals surface area contributed by atoms with Crippen molar-refractivity contribution >= 4 is 33.2 Å². The Morgan fingerprint density at radius 1 is 1.35 bits per heavy atom. The number of ether oxygens (including phenoxy) is 2. The molecule has 0 unspecified atom stereocenters. The number of carboxylic acids is 1. The van der Waals surface area contributed by atoms with Crippen LogP contribution in [0.5, 0.6) is 11.5 Å². The first-order chi connectivity index (χ1) is 9.65. The molecule has 0 amide bonds. The largest absolute Gasteiger partial charge is 0.489 e. The number of carbonyl (C=O) groups is 1. The molecule has 7 heteroatoms. The van der Waals surface area contributed by atoms with Crippen LogP contribution >= 0.6 is 27.3 Å². The molecule has 2 heterocycles. The van der Waals surface area contributed by atoms with Crippen molar-refractivity contribution in [3.05, 3.63) is 27.7 Å². The van der Waals surface area contributed by atoms with Gasteiger partial charge in [0, 0.05) is 12.0 Å². The van der Waals surface area contributed by atoms with Crippen LogP contribution in [-0.2, 0) is 0 Å². The SMILES string of the molecule is O=C(O)c1cnc(-c2cc(Br)c3c(c2)OCCCO3)s1. The minimum atomic E-state index is -0.970. The van der Waals surface area contributed by atoms with E-state index in [9.17, 15) is 4.79 Å². The molecule has 3 rings (SSSR count). The van der Waals surface area contributed by atoms with E-state index in [1.54, 1.807) is 0 Å². The van der Waals surface area contributed by atoms with Gasteiger partial charge >= 0.3 is 5.97 Å². The summed E-state index contributed by atoms with van der Waals surface area (Å²) in [6, 6.07) is 3.69. The quantitative estimate of drug-likeness (QED) is 0.893. The highest BCUT2D eigenvalue weighted by atomic mass is 79.9. The van der Waals surface area contributed by atoms with E-state index in [-0.39, 0.29) is 4.88 Å². The molecule has 0 radical (unpaired) electrons. The van der Waals surface area contributed by atoms with Crippen LogP contribution in [0.4, 0.5) is 0 Å². The van der Waals surface area contributed by atoms with Crippen LogP contribution in [0.1, 0.15) is 16.1 Å². The van der Waals surface area contributed by atoms with Crippen LogP contribution in [-0.4, -0.2) is 29.3 Å². The van der Waals surface area contributed by atoms with E-state index in [0.29, 0.717) is 29.7 Å². The number of nitrogens with zero attached hydrogens (tertiary/aromatic N) is 1. The van der Waals surface area contributed by atoms with Crippen LogP contribution in [0.25, 0.3) is 10.6 Å². The lowest BCUT2D eigenvalue weighted by atomic mass is 10.2. The van der Waals surface area contributed by atoms with Gasteiger partial charge in [0.1, 0.15) is 9.88 Å². The van der Waals surface area contributed by atoms with Crippen LogP contribution in [0.3, 0.4) is 0 Å². The summed E-state index contributed by atoms with van der Waals surface area (Å²) < 4.78 is 12.1. The van der Waals surface area contributed by atoms with Crippen molar-refractivity contribution in [1.29, 1.82) is 0 Å². The summed E-state index contributed by atoms with van der Waals surface area (Å²) in [6.07, 6.45) is 2.19. The minimum Gasteiger partial charge on any atom is -0.489 e. The molecule has 5 nitrogen and oxygen atoms in total. The van der Waals surface area contributed by atoms with E-state index in [1.165, 1.54) is 6.20 Å². The van der Waals surface area contributed by atoms with Gasteiger partial charge in [-0.05, 0) is 28.1 Å². The smallest absolute Gasteiger partial charge is 0.347 e. The van der Waals surface area contributed by atoms with Crippen molar-refractivity contribution in [3.63, 3.8) is 0 Å². The molecule has 0 fully saturated rings. The zero-order valence-corrected chi connectivity index (χ0v) is 12.7. The van der Waals surface area contributed by atoms with Crippen molar-refractivity contribution in [2.75, 3.05) is 13.2 Å². The van der Waals surface area contributed by atoms with Gasteiger partial charge in [-0.25, -0.2) is 9.78 Å². The maximum Gasteiger partial charge on any atom is 0.347 e. The lowest BCUT2D eigenvalue weighted by Crippen LogP contribution is -1.97. The Balaban J connectivity index is 2.03. The number of benzene rings is 1. The van der Waals surface area contributed by atoms with E-state index in [0.717, 1.165) is 27.8 Å². The highest BCUT2D eigenvalue weighted by Gasteiger charge is 2.18. The Hall–Kier alpha value is -1.60. The minimum absolute atomic E-state index is 0.211. The third kappa shape index (κ3) is 2.51. The molecule has 104 valence electrons. The number of aromatic carboxylic acids is 1. The lowest BCUT2D eigenvalue weighted by molar-refractivity contribution is 0.0702. The van der Waals surface area contributed by atoms with E-state index in [2.05, 4.69) is 20.9 Å². The first kappa shape index (κ1) is 13.4. The fourth-order valence-electron chi connectivity index (χ4n) is 1.86. The molecule has 0 saturated heterocycles. The number of aromatic nitrogens is 1. The van der Waals surface area contributed by atoms with E-state index in [4.69, 9.17) is 14.6 Å². The van der Waals surface area contributed by atoms with E-state index < -0.39 is 5.97 Å². The summed E-state index contributed by atoms with van der Waals surface area (Å²) in [5.41, 5.74) is 0.804. The molecule has 0 saturated carbocycles. The van der Waals surface area contributed by atoms with E-state index >= 15 is 0 Å². The summed E-state index contributed by atoms with van der Waals surface area (Å²) >= 11 is 4.59. The molecule has 0 spiro atoms. The molecular formula is C13H10BrNO4S. The molecule has 1 aromatic carbocycles. The molecule has 1 aromatic heterocycles. The Morgan fingerprint density at radius 3 is 2.90 bits per heavy atom. The molecule has 20 heavy (non-hydrogen) atoms. The van der Waals surface area contributed by atoms with E-state index in [1.807, 2.05) is 12.1 Å². The summed E-state index contributed by atoms with van der Waals surface area (Å²) in [5.74, 6) is 0.363. The average molecular weight is 356 g/mol. The molecule has 0 bridgehead atoms. The number of thiazole rings is 1. The summed E-state index contributed by atoms with van der Waals surface area (Å²) in [6.45, 7) is 1.21. The number of carboxylic acid groups (broad SMARTS) is 1. The number of rotatable bonds is 2. The predicted octanol–water partition coefficient (Wildman–Crippen LogP) is 3.43. The molecule has 1 aliphatic rings. The van der Waals surface area contributed by atoms with Crippen molar-refractivity contribution in [1.82, 2.24) is 4.98 Å². The van der Waals surface area contributed by atoms with Crippen LogP contribution in [0.15, 0.2) is 22.8 Å². The van der Waals surface area contributed by atoms with Gasteiger partial charge in [0.2, 0.25) is 0 Å². The molecule has 1 N–H and O–H groups in total. The molecule has 2 aromatic rings. The van der Waals surface area contributed by atoms with Gasteiger partial charge in [0.25, 0.3) is 0 Å². The zero-order chi connectivity index (χ0) is 14.1. The summed E-state index contributed by atoms with van der Waals surface area (Å²) in [5, 5.41) is 9.58. The molecular weight excluding hydrogens is 346 g/mol. The van der Waals surface area contributed by atoms with Crippen molar-refractivity contribution in [3.8, 4) is 22.1 Å². The standard InChI is InChI=1S/C13H10BrNO4S/c14-8-4-7(12-15-6-10(20-12)13(16)17)5-9-11(8)19-3-1-2-18-9/h4-6H,1-3H2,(H,16,17). The second-order valence-corrected chi connectivity index (χ2v) is 6.06. The molecule has 0 aliphatic carbocycles. The highest BCUT2D eigenvalue weighted by Crippen LogP contribution is 2.41. The fraction of sp³-hybridized carbons (Fsp3) is 0.231. The second kappa shape index (κ2) is 5.41.